The van der Waals surface area contributed by atoms with Crippen LogP contribution in [0.3, 0.4) is 0 Å². The number of amides is 2. The summed E-state index contributed by atoms with van der Waals surface area (Å²) in [6.45, 7) is 1.58. The molecule has 2 aromatic carbocycles. The first-order valence-electron chi connectivity index (χ1n) is 10.5. The van der Waals surface area contributed by atoms with Gasteiger partial charge < -0.3 is 19.9 Å². The first-order valence-corrected chi connectivity index (χ1v) is 10.9. The van der Waals surface area contributed by atoms with Gasteiger partial charge in [0, 0.05) is 30.2 Å². The summed E-state index contributed by atoms with van der Waals surface area (Å²) >= 11 is 5.92. The standard InChI is InChI=1S/C24H30ClN3O3/c1-27(2)22(18-6-4-8-21(14-18)31-3)15-26-23(29)19-7-5-13-28(16-19)24(30)17-9-11-20(25)12-10-17/h4,6,8-12,14,19,22H,5,7,13,15-16H2,1-3H3,(H,26,29). The van der Waals surface area contributed by atoms with Crippen molar-refractivity contribution in [1.29, 1.82) is 0 Å². The third-order valence-corrected chi connectivity index (χ3v) is 5.99. The summed E-state index contributed by atoms with van der Waals surface area (Å²) in [5, 5.41) is 3.70. The van der Waals surface area contributed by atoms with E-state index in [9.17, 15) is 9.59 Å². The number of hydrogen-bond acceptors (Lipinski definition) is 4. The Balaban J connectivity index is 1.61. The SMILES string of the molecule is COc1cccc(C(CNC(=O)C2CCCN(C(=O)c3ccc(Cl)cc3)C2)N(C)C)c1. The number of ether oxygens (including phenoxy) is 1. The molecule has 2 aromatic rings. The Morgan fingerprint density at radius 3 is 2.65 bits per heavy atom. The summed E-state index contributed by atoms with van der Waals surface area (Å²) in [7, 11) is 5.62. The highest BCUT2D eigenvalue weighted by molar-refractivity contribution is 6.30. The third-order valence-electron chi connectivity index (χ3n) is 5.74. The van der Waals surface area contributed by atoms with E-state index >= 15 is 0 Å². The van der Waals surface area contributed by atoms with E-state index in [1.54, 1.807) is 36.3 Å². The topological polar surface area (TPSA) is 61.9 Å². The predicted molar refractivity (Wildman–Crippen MR) is 123 cm³/mol. The number of hydrogen-bond donors (Lipinski definition) is 1. The van der Waals surface area contributed by atoms with Crippen LogP contribution in [0.5, 0.6) is 5.75 Å². The molecule has 166 valence electrons. The van der Waals surface area contributed by atoms with Crippen molar-refractivity contribution in [3.05, 3.63) is 64.7 Å². The van der Waals surface area contributed by atoms with Crippen molar-refractivity contribution in [2.24, 2.45) is 5.92 Å². The van der Waals surface area contributed by atoms with Crippen LogP contribution in [0.2, 0.25) is 5.02 Å². The second kappa shape index (κ2) is 10.6. The molecule has 1 heterocycles. The average molecular weight is 444 g/mol. The highest BCUT2D eigenvalue weighted by Gasteiger charge is 2.29. The van der Waals surface area contributed by atoms with E-state index in [0.717, 1.165) is 24.2 Å². The molecule has 0 saturated carbocycles. The van der Waals surface area contributed by atoms with Crippen molar-refractivity contribution in [3.63, 3.8) is 0 Å². The molecular weight excluding hydrogens is 414 g/mol. The van der Waals surface area contributed by atoms with E-state index in [4.69, 9.17) is 16.3 Å². The zero-order valence-electron chi connectivity index (χ0n) is 18.3. The molecule has 0 aromatic heterocycles. The van der Waals surface area contributed by atoms with Crippen molar-refractivity contribution < 1.29 is 14.3 Å². The Kier molecular flexibility index (Phi) is 7.93. The third kappa shape index (κ3) is 5.99. The van der Waals surface area contributed by atoms with Crippen molar-refractivity contribution in [2.45, 2.75) is 18.9 Å². The molecule has 0 bridgehead atoms. The van der Waals surface area contributed by atoms with Gasteiger partial charge in [-0.05, 0) is 68.9 Å². The van der Waals surface area contributed by atoms with Crippen LogP contribution < -0.4 is 10.1 Å². The van der Waals surface area contributed by atoms with Gasteiger partial charge in [-0.25, -0.2) is 0 Å². The van der Waals surface area contributed by atoms with E-state index in [0.29, 0.717) is 30.2 Å². The van der Waals surface area contributed by atoms with Crippen LogP contribution in [0.25, 0.3) is 0 Å². The van der Waals surface area contributed by atoms with Crippen LogP contribution in [0, 0.1) is 5.92 Å². The molecule has 6 nitrogen and oxygen atoms in total. The van der Waals surface area contributed by atoms with Crippen molar-refractivity contribution in [3.8, 4) is 5.75 Å². The zero-order chi connectivity index (χ0) is 22.4. The molecular formula is C24H30ClN3O3. The first kappa shape index (κ1) is 23.1. The molecule has 0 aliphatic carbocycles. The molecule has 1 fully saturated rings. The summed E-state index contributed by atoms with van der Waals surface area (Å²) < 4.78 is 5.33. The first-order chi connectivity index (χ1) is 14.9. The van der Waals surface area contributed by atoms with Crippen molar-refractivity contribution in [1.82, 2.24) is 15.1 Å². The number of likely N-dealkylation sites (tertiary alicyclic amines) is 1. The minimum absolute atomic E-state index is 0.0108. The van der Waals surface area contributed by atoms with Crippen LogP contribution in [0.1, 0.15) is 34.8 Å². The maximum atomic E-state index is 12.9. The Hall–Kier alpha value is -2.57. The van der Waals surface area contributed by atoms with Gasteiger partial charge in [-0.2, -0.15) is 0 Å². The van der Waals surface area contributed by atoms with E-state index in [1.165, 1.54) is 0 Å². The molecule has 1 saturated heterocycles. The lowest BCUT2D eigenvalue weighted by molar-refractivity contribution is -0.126. The largest absolute Gasteiger partial charge is 0.497 e. The average Bonchev–Trinajstić information content (AvgIpc) is 2.79. The van der Waals surface area contributed by atoms with Crippen LogP contribution in [0.15, 0.2) is 48.5 Å². The Labute approximate surface area is 189 Å². The molecule has 3 rings (SSSR count). The molecule has 1 aliphatic rings. The Bertz CT molecular complexity index is 901. The van der Waals surface area contributed by atoms with Gasteiger partial charge in [0.05, 0.1) is 19.1 Å². The maximum absolute atomic E-state index is 12.9. The van der Waals surface area contributed by atoms with E-state index in [2.05, 4.69) is 10.2 Å². The minimum atomic E-state index is -0.210. The van der Waals surface area contributed by atoms with Gasteiger partial charge in [0.15, 0.2) is 0 Å². The molecule has 1 aliphatic heterocycles. The second-order valence-electron chi connectivity index (χ2n) is 8.10. The number of carbonyl (C=O) groups excluding carboxylic acids is 2. The van der Waals surface area contributed by atoms with Crippen LogP contribution >= 0.6 is 11.6 Å². The molecule has 0 radical (unpaired) electrons. The van der Waals surface area contributed by atoms with Crippen LogP contribution in [-0.2, 0) is 4.79 Å². The van der Waals surface area contributed by atoms with Gasteiger partial charge in [0.2, 0.25) is 5.91 Å². The smallest absolute Gasteiger partial charge is 0.253 e. The lowest BCUT2D eigenvalue weighted by Crippen LogP contribution is -2.46. The predicted octanol–water partition coefficient (Wildman–Crippen LogP) is 3.62. The second-order valence-corrected chi connectivity index (χ2v) is 8.53. The summed E-state index contributed by atoms with van der Waals surface area (Å²) in [5.41, 5.74) is 1.67. The number of benzene rings is 2. The number of piperidine rings is 1. The van der Waals surface area contributed by atoms with Gasteiger partial charge in [0.25, 0.3) is 5.91 Å². The van der Waals surface area contributed by atoms with Crippen LogP contribution in [-0.4, -0.2) is 62.5 Å². The lowest BCUT2D eigenvalue weighted by Gasteiger charge is -2.33. The number of rotatable bonds is 7. The quantitative estimate of drug-likeness (QED) is 0.710. The number of methoxy groups -OCH3 is 1. The molecule has 7 heteroatoms. The molecule has 1 N–H and O–H groups in total. The van der Waals surface area contributed by atoms with Gasteiger partial charge in [0.1, 0.15) is 5.75 Å². The monoisotopic (exact) mass is 443 g/mol. The summed E-state index contributed by atoms with van der Waals surface area (Å²) in [5.74, 6) is 0.512. The number of nitrogens with one attached hydrogen (secondary N) is 1. The Morgan fingerprint density at radius 1 is 1.23 bits per heavy atom. The molecule has 31 heavy (non-hydrogen) atoms. The van der Waals surface area contributed by atoms with E-state index in [1.807, 2.05) is 38.4 Å². The van der Waals surface area contributed by atoms with Crippen molar-refractivity contribution in [2.75, 3.05) is 40.8 Å². The maximum Gasteiger partial charge on any atom is 0.253 e. The summed E-state index contributed by atoms with van der Waals surface area (Å²) in [4.78, 5) is 29.6. The highest BCUT2D eigenvalue weighted by Crippen LogP contribution is 2.23. The fraction of sp³-hybridized carbons (Fsp3) is 0.417. The summed E-state index contributed by atoms with van der Waals surface area (Å²) in [6.07, 6.45) is 1.59. The lowest BCUT2D eigenvalue weighted by atomic mass is 9.96. The summed E-state index contributed by atoms with van der Waals surface area (Å²) in [6, 6.07) is 14.8. The minimum Gasteiger partial charge on any atom is -0.497 e. The zero-order valence-corrected chi connectivity index (χ0v) is 19.1. The fourth-order valence-electron chi connectivity index (χ4n) is 3.94. The van der Waals surface area contributed by atoms with E-state index < -0.39 is 0 Å². The fourth-order valence-corrected chi connectivity index (χ4v) is 4.07. The molecule has 2 atom stereocenters. The number of nitrogens with zero attached hydrogens (tertiary/aromatic N) is 2. The number of carbonyl (C=O) groups is 2. The molecule has 2 amide bonds. The number of halogens is 1. The van der Waals surface area contributed by atoms with E-state index in [-0.39, 0.29) is 23.8 Å². The number of likely N-dealkylation sites (N-methyl/N-ethyl adjacent to an activating group) is 1. The normalized spacial score (nSPS) is 17.3. The Morgan fingerprint density at radius 2 is 1.97 bits per heavy atom. The van der Waals surface area contributed by atoms with Crippen molar-refractivity contribution >= 4 is 23.4 Å². The molecule has 0 spiro atoms. The molecule has 2 unspecified atom stereocenters. The highest BCUT2D eigenvalue weighted by atomic mass is 35.5. The van der Waals surface area contributed by atoms with Crippen LogP contribution in [0.4, 0.5) is 0 Å². The van der Waals surface area contributed by atoms with Gasteiger partial charge in [-0.1, -0.05) is 23.7 Å². The van der Waals surface area contributed by atoms with Gasteiger partial charge >= 0.3 is 0 Å². The van der Waals surface area contributed by atoms with Gasteiger partial charge in [-0.15, -0.1) is 0 Å². The van der Waals surface area contributed by atoms with Gasteiger partial charge in [-0.3, -0.25) is 9.59 Å².